The summed E-state index contributed by atoms with van der Waals surface area (Å²) in [7, 11) is 0.143. The number of rotatable bonds is 10. The number of hydrogen-bond donors (Lipinski definition) is 1. The van der Waals surface area contributed by atoms with Crippen LogP contribution < -0.4 is 10.3 Å². The normalized spacial score (nSPS) is 15.2. The Balaban J connectivity index is 1.62. The summed E-state index contributed by atoms with van der Waals surface area (Å²) < 4.78 is 38.3. The molecule has 214 valence electrons. The minimum absolute atomic E-state index is 0.137. The Morgan fingerprint density at radius 3 is 2.50 bits per heavy atom. The van der Waals surface area contributed by atoms with Crippen LogP contribution in [-0.4, -0.2) is 86.8 Å². The Labute approximate surface area is 233 Å². The van der Waals surface area contributed by atoms with Gasteiger partial charge in [-0.1, -0.05) is 20.3 Å². The summed E-state index contributed by atoms with van der Waals surface area (Å²) in [5.41, 5.74) is 1.57. The van der Waals surface area contributed by atoms with E-state index in [9.17, 15) is 13.2 Å². The van der Waals surface area contributed by atoms with E-state index in [1.165, 1.54) is 4.31 Å². The van der Waals surface area contributed by atoms with E-state index in [0.29, 0.717) is 62.6 Å². The molecule has 4 aromatic rings. The van der Waals surface area contributed by atoms with Crippen molar-refractivity contribution in [3.63, 3.8) is 0 Å². The Kier molecular flexibility index (Phi) is 8.06. The number of ether oxygens (including phenoxy) is 1. The molecule has 1 aromatic carbocycles. The largest absolute Gasteiger partial charge is 0.493 e. The van der Waals surface area contributed by atoms with Gasteiger partial charge >= 0.3 is 0 Å². The van der Waals surface area contributed by atoms with Crippen LogP contribution in [0.2, 0.25) is 0 Å². The van der Waals surface area contributed by atoms with E-state index >= 15 is 0 Å². The zero-order valence-electron chi connectivity index (χ0n) is 23.4. The molecule has 5 rings (SSSR count). The molecular formula is C27H36N8O4S. The second-order valence-corrected chi connectivity index (χ2v) is 12.1. The number of hydrogen-bond acceptors (Lipinski definition) is 8. The highest BCUT2D eigenvalue weighted by atomic mass is 32.2. The lowest BCUT2D eigenvalue weighted by Gasteiger charge is -2.31. The molecule has 0 radical (unpaired) electrons. The Morgan fingerprint density at radius 2 is 1.82 bits per heavy atom. The highest BCUT2D eigenvalue weighted by molar-refractivity contribution is 7.89. The molecule has 12 nitrogen and oxygen atoms in total. The zero-order valence-corrected chi connectivity index (χ0v) is 24.2. The first-order chi connectivity index (χ1) is 19.2. The van der Waals surface area contributed by atoms with Gasteiger partial charge in [-0.15, -0.1) is 0 Å². The molecule has 1 fully saturated rings. The van der Waals surface area contributed by atoms with Crippen molar-refractivity contribution in [2.24, 2.45) is 7.05 Å². The number of aryl methyl sites for hydroxylation is 2. The standard InChI is InChI=1S/C27H36N8O4S/c1-5-7-21-24-25(31-35(21)18-23-28-10-11-33(23)4)27(36)30-26(29-24)20-17-19(8-9-22(20)39-16-6-2)40(37,38)34-14-12-32(3)13-15-34/h8-11,17H,5-7,12-16,18H2,1-4H3,(H,29,30,36). The minimum Gasteiger partial charge on any atom is -0.493 e. The Hall–Kier alpha value is -3.55. The van der Waals surface area contributed by atoms with E-state index in [1.807, 2.05) is 31.8 Å². The highest BCUT2D eigenvalue weighted by Crippen LogP contribution is 2.32. The topological polar surface area (TPSA) is 131 Å². The maximum absolute atomic E-state index is 13.6. The van der Waals surface area contributed by atoms with Crippen LogP contribution in [0.5, 0.6) is 5.75 Å². The van der Waals surface area contributed by atoms with Crippen molar-refractivity contribution in [2.45, 2.75) is 44.6 Å². The average Bonchev–Trinajstić information content (AvgIpc) is 3.51. The summed E-state index contributed by atoms with van der Waals surface area (Å²) in [5.74, 6) is 1.51. The number of fused-ring (bicyclic) bond motifs is 1. The number of nitrogens with zero attached hydrogens (tertiary/aromatic N) is 7. The van der Waals surface area contributed by atoms with Gasteiger partial charge in [0.1, 0.15) is 22.9 Å². The van der Waals surface area contributed by atoms with Gasteiger partial charge < -0.3 is 19.2 Å². The lowest BCUT2D eigenvalue weighted by Crippen LogP contribution is -2.47. The lowest BCUT2D eigenvalue weighted by molar-refractivity contribution is 0.222. The van der Waals surface area contributed by atoms with E-state index in [0.717, 1.165) is 24.4 Å². The van der Waals surface area contributed by atoms with Crippen LogP contribution in [0.3, 0.4) is 0 Å². The number of piperazine rings is 1. The third-order valence-corrected chi connectivity index (χ3v) is 9.06. The smallest absolute Gasteiger partial charge is 0.279 e. The van der Waals surface area contributed by atoms with Gasteiger partial charge in [-0.2, -0.15) is 9.40 Å². The number of aromatic nitrogens is 6. The summed E-state index contributed by atoms with van der Waals surface area (Å²) >= 11 is 0. The third-order valence-electron chi connectivity index (χ3n) is 7.17. The number of likely N-dealkylation sites (N-methyl/N-ethyl adjacent to an activating group) is 1. The molecule has 1 saturated heterocycles. The van der Waals surface area contributed by atoms with Crippen molar-refractivity contribution in [1.82, 2.24) is 38.5 Å². The summed E-state index contributed by atoms with van der Waals surface area (Å²) in [6.07, 6.45) is 5.84. The predicted molar refractivity (Wildman–Crippen MR) is 152 cm³/mol. The fourth-order valence-electron chi connectivity index (χ4n) is 4.86. The second kappa shape index (κ2) is 11.5. The molecule has 0 atom stereocenters. The molecule has 0 saturated carbocycles. The van der Waals surface area contributed by atoms with Crippen molar-refractivity contribution in [3.05, 3.63) is 52.5 Å². The molecule has 1 aliphatic rings. The maximum atomic E-state index is 13.6. The van der Waals surface area contributed by atoms with Gasteiger partial charge in [0.25, 0.3) is 5.56 Å². The first kappa shape index (κ1) is 28.0. The minimum atomic E-state index is -3.75. The first-order valence-corrected chi connectivity index (χ1v) is 15.1. The van der Waals surface area contributed by atoms with Crippen molar-refractivity contribution in [2.75, 3.05) is 39.8 Å². The molecule has 3 aromatic heterocycles. The maximum Gasteiger partial charge on any atom is 0.279 e. The molecule has 0 unspecified atom stereocenters. The molecule has 13 heteroatoms. The lowest BCUT2D eigenvalue weighted by atomic mass is 10.1. The molecule has 0 amide bonds. The van der Waals surface area contributed by atoms with Gasteiger partial charge in [0, 0.05) is 45.6 Å². The summed E-state index contributed by atoms with van der Waals surface area (Å²) in [6, 6.07) is 4.77. The number of benzene rings is 1. The van der Waals surface area contributed by atoms with Crippen LogP contribution in [0.4, 0.5) is 0 Å². The van der Waals surface area contributed by atoms with Crippen molar-refractivity contribution in [3.8, 4) is 17.1 Å². The fraction of sp³-hybridized carbons (Fsp3) is 0.481. The van der Waals surface area contributed by atoms with E-state index in [2.05, 4.69) is 26.9 Å². The third kappa shape index (κ3) is 5.40. The van der Waals surface area contributed by atoms with Crippen LogP contribution in [0, 0.1) is 0 Å². The molecule has 0 spiro atoms. The van der Waals surface area contributed by atoms with Gasteiger partial charge in [0.05, 0.1) is 29.3 Å². The second-order valence-electron chi connectivity index (χ2n) is 10.1. The molecule has 0 bridgehead atoms. The molecule has 40 heavy (non-hydrogen) atoms. The number of nitrogens with one attached hydrogen (secondary N) is 1. The average molecular weight is 569 g/mol. The van der Waals surface area contributed by atoms with Crippen LogP contribution in [0.25, 0.3) is 22.4 Å². The molecular weight excluding hydrogens is 532 g/mol. The van der Waals surface area contributed by atoms with Gasteiger partial charge in [-0.3, -0.25) is 9.48 Å². The number of sulfonamides is 1. The first-order valence-electron chi connectivity index (χ1n) is 13.6. The predicted octanol–water partition coefficient (Wildman–Crippen LogP) is 2.25. The van der Waals surface area contributed by atoms with Crippen LogP contribution in [0.15, 0.2) is 40.3 Å². The monoisotopic (exact) mass is 568 g/mol. The highest BCUT2D eigenvalue weighted by Gasteiger charge is 2.29. The Bertz CT molecular complexity index is 1670. The van der Waals surface area contributed by atoms with Crippen LogP contribution >= 0.6 is 0 Å². The van der Waals surface area contributed by atoms with Crippen molar-refractivity contribution >= 4 is 21.1 Å². The Morgan fingerprint density at radius 1 is 1.05 bits per heavy atom. The van der Waals surface area contributed by atoms with E-state index in [1.54, 1.807) is 29.1 Å². The zero-order chi connectivity index (χ0) is 28.4. The summed E-state index contributed by atoms with van der Waals surface area (Å²) in [5, 5.41) is 4.60. The van der Waals surface area contributed by atoms with Crippen LogP contribution in [0.1, 0.15) is 38.2 Å². The van der Waals surface area contributed by atoms with E-state index in [-0.39, 0.29) is 16.2 Å². The van der Waals surface area contributed by atoms with Gasteiger partial charge in [0.2, 0.25) is 10.0 Å². The van der Waals surface area contributed by atoms with Crippen molar-refractivity contribution < 1.29 is 13.2 Å². The number of H-pyrrole nitrogens is 1. The van der Waals surface area contributed by atoms with E-state index < -0.39 is 15.6 Å². The van der Waals surface area contributed by atoms with Crippen LogP contribution in [-0.2, 0) is 30.0 Å². The van der Waals surface area contributed by atoms with Gasteiger partial charge in [-0.05, 0) is 38.1 Å². The molecule has 4 heterocycles. The summed E-state index contributed by atoms with van der Waals surface area (Å²) in [4.78, 5) is 27.7. The molecule has 1 aliphatic heterocycles. The summed E-state index contributed by atoms with van der Waals surface area (Å²) in [6.45, 7) is 7.04. The van der Waals surface area contributed by atoms with E-state index in [4.69, 9.17) is 9.72 Å². The van der Waals surface area contributed by atoms with Gasteiger partial charge in [0.15, 0.2) is 5.52 Å². The quantitative estimate of drug-likeness (QED) is 0.308. The molecule has 1 N–H and O–H groups in total. The molecule has 0 aliphatic carbocycles. The SMILES string of the molecule is CCCOc1ccc(S(=O)(=O)N2CCN(C)CC2)cc1-c1nc2c(CCC)n(Cc3nccn3C)nc2c(=O)[nH]1. The number of aromatic amines is 1. The van der Waals surface area contributed by atoms with Crippen molar-refractivity contribution in [1.29, 1.82) is 0 Å². The number of imidazole rings is 1. The van der Waals surface area contributed by atoms with Gasteiger partial charge in [-0.25, -0.2) is 18.4 Å². The fourth-order valence-corrected chi connectivity index (χ4v) is 6.31.